The number of cyclic esters (lactones) is 1. The Hall–Kier alpha value is -0.520. The van der Waals surface area contributed by atoms with Crippen LogP contribution in [0.3, 0.4) is 0 Å². The van der Waals surface area contributed by atoms with Crippen LogP contribution in [0.5, 0.6) is 0 Å². The number of carbonyl (C=O) groups excluding carboxylic acids is 1. The van der Waals surface area contributed by atoms with E-state index in [1.807, 2.05) is 35.2 Å². The van der Waals surface area contributed by atoms with Gasteiger partial charge in [0.05, 0.1) is 13.2 Å². The Bertz CT molecular complexity index is 549. The number of esters is 1. The molecule has 2 fully saturated rings. The number of nitrogens with zero attached hydrogens (tertiary/aromatic N) is 1. The topological polar surface area (TPSA) is 38.8 Å². The van der Waals surface area contributed by atoms with Gasteiger partial charge in [-0.25, -0.2) is 9.69 Å². The summed E-state index contributed by atoms with van der Waals surface area (Å²) < 4.78 is 9.41. The van der Waals surface area contributed by atoms with Gasteiger partial charge in [0.1, 0.15) is 5.54 Å². The van der Waals surface area contributed by atoms with E-state index in [-0.39, 0.29) is 12.6 Å². The zero-order valence-electron chi connectivity index (χ0n) is 11.8. The Morgan fingerprint density at radius 1 is 1.32 bits per heavy atom. The van der Waals surface area contributed by atoms with Gasteiger partial charge in [0, 0.05) is 6.54 Å². The van der Waals surface area contributed by atoms with Crippen LogP contribution in [0.15, 0.2) is 30.3 Å². The van der Waals surface area contributed by atoms with Crippen molar-refractivity contribution in [3.8, 4) is 0 Å². The van der Waals surface area contributed by atoms with E-state index in [9.17, 15) is 4.79 Å². The second-order valence-corrected chi connectivity index (χ2v) is 7.98. The van der Waals surface area contributed by atoms with Crippen LogP contribution in [0, 0.1) is 0 Å². The van der Waals surface area contributed by atoms with E-state index in [1.165, 1.54) is 0 Å². The summed E-state index contributed by atoms with van der Waals surface area (Å²) in [6, 6.07) is 9.78. The smallest absolute Gasteiger partial charge is 0.330 e. The average molecular weight is 365 g/mol. The van der Waals surface area contributed by atoms with Crippen LogP contribution in [0.4, 0.5) is 0 Å². The molecule has 3 rings (SSSR count). The van der Waals surface area contributed by atoms with Crippen molar-refractivity contribution in [2.24, 2.45) is 0 Å². The summed E-state index contributed by atoms with van der Waals surface area (Å²) in [4.78, 5) is 14.2. The van der Waals surface area contributed by atoms with Crippen LogP contribution in [0.25, 0.3) is 0 Å². The van der Waals surface area contributed by atoms with Crippen molar-refractivity contribution in [1.29, 1.82) is 0 Å². The lowest BCUT2D eigenvalue weighted by Crippen LogP contribution is -2.52. The van der Waals surface area contributed by atoms with Crippen molar-refractivity contribution >= 4 is 40.8 Å². The molecule has 0 unspecified atom stereocenters. The van der Waals surface area contributed by atoms with E-state index >= 15 is 0 Å². The molecule has 22 heavy (non-hydrogen) atoms. The largest absolute Gasteiger partial charge is 0.440 e. The Morgan fingerprint density at radius 3 is 2.73 bits per heavy atom. The van der Waals surface area contributed by atoms with Gasteiger partial charge in [0.2, 0.25) is 10.0 Å². The number of hydrogen-bond donors (Lipinski definition) is 0. The molecule has 0 bridgehead atoms. The van der Waals surface area contributed by atoms with Crippen LogP contribution < -0.4 is 0 Å². The molecule has 120 valence electrons. The summed E-state index contributed by atoms with van der Waals surface area (Å²) in [5, 5.41) is 0. The molecule has 1 aromatic rings. The van der Waals surface area contributed by atoms with E-state index in [0.717, 1.165) is 12.0 Å². The molecular formula is C15H16Cl3NO3. The minimum atomic E-state index is -1.67. The van der Waals surface area contributed by atoms with E-state index in [0.29, 0.717) is 19.6 Å². The van der Waals surface area contributed by atoms with E-state index < -0.39 is 15.6 Å². The molecule has 2 aliphatic heterocycles. The molecule has 0 saturated carbocycles. The van der Waals surface area contributed by atoms with Crippen LogP contribution in [-0.4, -0.2) is 39.6 Å². The van der Waals surface area contributed by atoms with E-state index in [2.05, 4.69) is 0 Å². The van der Waals surface area contributed by atoms with Crippen LogP contribution in [0.2, 0.25) is 0 Å². The Balaban J connectivity index is 1.70. The lowest BCUT2D eigenvalue weighted by Gasteiger charge is -2.31. The lowest BCUT2D eigenvalue weighted by molar-refractivity contribution is -0.147. The minimum Gasteiger partial charge on any atom is -0.440 e. The molecule has 7 heteroatoms. The molecule has 0 spiro atoms. The molecule has 0 aromatic heterocycles. The van der Waals surface area contributed by atoms with Gasteiger partial charge in [0.15, 0.2) is 0 Å². The van der Waals surface area contributed by atoms with Crippen molar-refractivity contribution in [3.63, 3.8) is 0 Å². The molecule has 0 N–H and O–H groups in total. The highest BCUT2D eigenvalue weighted by Crippen LogP contribution is 2.46. The van der Waals surface area contributed by atoms with E-state index in [4.69, 9.17) is 44.3 Å². The van der Waals surface area contributed by atoms with Crippen LogP contribution in [0.1, 0.15) is 18.4 Å². The Morgan fingerprint density at radius 2 is 2.05 bits per heavy atom. The first kappa shape index (κ1) is 16.3. The number of hydrogen-bond acceptors (Lipinski definition) is 4. The summed E-state index contributed by atoms with van der Waals surface area (Å²) in [6.45, 7) is 1.32. The molecular weight excluding hydrogens is 349 g/mol. The molecule has 2 atom stereocenters. The Kier molecular flexibility index (Phi) is 4.59. The highest BCUT2D eigenvalue weighted by atomic mass is 35.6. The molecule has 0 radical (unpaired) electrons. The fourth-order valence-electron chi connectivity index (χ4n) is 3.10. The number of benzene rings is 1. The zero-order chi connectivity index (χ0) is 15.8. The van der Waals surface area contributed by atoms with Crippen molar-refractivity contribution in [3.05, 3.63) is 35.9 Å². The highest BCUT2D eigenvalue weighted by Gasteiger charge is 2.62. The number of ether oxygens (including phenoxy) is 2. The summed E-state index contributed by atoms with van der Waals surface area (Å²) in [5.74, 6) is -0.366. The van der Waals surface area contributed by atoms with Gasteiger partial charge in [-0.1, -0.05) is 65.1 Å². The van der Waals surface area contributed by atoms with Gasteiger partial charge in [-0.15, -0.1) is 0 Å². The van der Waals surface area contributed by atoms with Crippen molar-refractivity contribution < 1.29 is 14.3 Å². The molecule has 1 aromatic carbocycles. The predicted octanol–water partition coefficient (Wildman–Crippen LogP) is 3.29. The zero-order valence-corrected chi connectivity index (χ0v) is 14.1. The number of alkyl halides is 3. The SMILES string of the molecule is O=C1O[C@@H](C(Cl)(Cl)Cl)N2CCC[C@]12COCc1ccccc1. The van der Waals surface area contributed by atoms with Gasteiger partial charge in [-0.05, 0) is 18.4 Å². The average Bonchev–Trinajstić information content (AvgIpc) is 2.99. The maximum atomic E-state index is 12.4. The fourth-order valence-corrected chi connectivity index (χ4v) is 3.59. The van der Waals surface area contributed by atoms with E-state index in [1.54, 1.807) is 0 Å². The Labute approximate surface area is 144 Å². The fraction of sp³-hybridized carbons (Fsp3) is 0.533. The summed E-state index contributed by atoms with van der Waals surface area (Å²) in [5.41, 5.74) is 0.219. The summed E-state index contributed by atoms with van der Waals surface area (Å²) in [6.07, 6.45) is 0.645. The molecule has 0 amide bonds. The van der Waals surface area contributed by atoms with Crippen molar-refractivity contribution in [2.45, 2.75) is 35.0 Å². The van der Waals surface area contributed by atoms with Crippen molar-refractivity contribution in [2.75, 3.05) is 13.2 Å². The first-order valence-corrected chi connectivity index (χ1v) is 8.23. The van der Waals surface area contributed by atoms with Crippen molar-refractivity contribution in [1.82, 2.24) is 4.90 Å². The molecule has 0 aliphatic carbocycles. The van der Waals surface area contributed by atoms with Gasteiger partial charge >= 0.3 is 5.97 Å². The number of halogens is 3. The third kappa shape index (κ3) is 2.95. The molecule has 2 heterocycles. The summed E-state index contributed by atoms with van der Waals surface area (Å²) >= 11 is 17.8. The third-order valence-electron chi connectivity index (χ3n) is 4.15. The monoisotopic (exact) mass is 363 g/mol. The van der Waals surface area contributed by atoms with Gasteiger partial charge in [-0.3, -0.25) is 0 Å². The standard InChI is InChI=1S/C15H16Cl3NO3/c16-15(17,18)12-19-8-4-7-14(19,13(20)22-12)10-21-9-11-5-2-1-3-6-11/h1-3,5-6,12H,4,7-10H2/t12-,14-/m0/s1. The quantitative estimate of drug-likeness (QED) is 0.607. The summed E-state index contributed by atoms with van der Waals surface area (Å²) in [7, 11) is 0. The second-order valence-electron chi connectivity index (χ2n) is 5.61. The molecule has 2 saturated heterocycles. The van der Waals surface area contributed by atoms with Crippen LogP contribution in [-0.2, 0) is 20.9 Å². The molecule has 2 aliphatic rings. The maximum Gasteiger partial charge on any atom is 0.330 e. The van der Waals surface area contributed by atoms with Gasteiger partial charge in [0.25, 0.3) is 0 Å². The first-order chi connectivity index (χ1) is 10.4. The maximum absolute atomic E-state index is 12.4. The highest BCUT2D eigenvalue weighted by molar-refractivity contribution is 6.68. The predicted molar refractivity (Wildman–Crippen MR) is 84.9 cm³/mol. The number of rotatable bonds is 4. The first-order valence-electron chi connectivity index (χ1n) is 7.10. The van der Waals surface area contributed by atoms with Gasteiger partial charge in [-0.2, -0.15) is 0 Å². The molecule has 4 nitrogen and oxygen atoms in total. The normalized spacial score (nSPS) is 28.7. The second kappa shape index (κ2) is 6.17. The third-order valence-corrected chi connectivity index (χ3v) is 4.71. The lowest BCUT2D eigenvalue weighted by atomic mass is 9.98. The van der Waals surface area contributed by atoms with Gasteiger partial charge < -0.3 is 9.47 Å². The number of fused-ring (bicyclic) bond motifs is 1. The van der Waals surface area contributed by atoms with Crippen LogP contribution >= 0.6 is 34.8 Å². The minimum absolute atomic E-state index is 0.234. The number of carbonyl (C=O) groups is 1.